The molecule has 0 atom stereocenters. The molecule has 0 aliphatic rings. The molecule has 0 bridgehead atoms. The summed E-state index contributed by atoms with van der Waals surface area (Å²) in [6.07, 6.45) is 2.00. The molecule has 0 aliphatic carbocycles. The molecule has 0 amide bonds. The fourth-order valence-electron chi connectivity index (χ4n) is 1.42. The van der Waals surface area contributed by atoms with Crippen LogP contribution in [-0.2, 0) is 0 Å². The van der Waals surface area contributed by atoms with E-state index < -0.39 is 4.92 Å². The summed E-state index contributed by atoms with van der Waals surface area (Å²) in [5, 5.41) is 17.1. The number of carbonyl (C=O) groups is 1. The van der Waals surface area contributed by atoms with Crippen molar-refractivity contribution in [3.8, 4) is 11.3 Å². The number of hydrogen-bond acceptors (Lipinski definition) is 4. The van der Waals surface area contributed by atoms with Gasteiger partial charge in [0.05, 0.1) is 27.4 Å². The van der Waals surface area contributed by atoms with Crippen LogP contribution in [0.1, 0.15) is 10.4 Å². The first-order valence-electron chi connectivity index (χ1n) is 4.56. The summed E-state index contributed by atoms with van der Waals surface area (Å²) in [6.45, 7) is 0. The topological polar surface area (TPSA) is 88.9 Å². The highest BCUT2D eigenvalue weighted by Crippen LogP contribution is 2.31. The van der Waals surface area contributed by atoms with Crippen LogP contribution in [0.2, 0.25) is 5.02 Å². The maximum atomic E-state index is 10.7. The number of aromatic amines is 1. The molecule has 0 spiro atoms. The summed E-state index contributed by atoms with van der Waals surface area (Å²) >= 11 is 5.93. The number of rotatable bonds is 3. The molecule has 1 aromatic heterocycles. The average molecular weight is 252 g/mol. The summed E-state index contributed by atoms with van der Waals surface area (Å²) in [7, 11) is 0. The van der Waals surface area contributed by atoms with Crippen molar-refractivity contribution >= 4 is 23.6 Å². The van der Waals surface area contributed by atoms with Crippen molar-refractivity contribution in [2.24, 2.45) is 0 Å². The molecule has 1 N–H and O–H groups in total. The normalized spacial score (nSPS) is 10.2. The Balaban J connectivity index is 2.54. The molecular weight excluding hydrogens is 246 g/mol. The third-order valence-corrected chi connectivity index (χ3v) is 2.54. The maximum Gasteiger partial charge on any atom is 0.270 e. The summed E-state index contributed by atoms with van der Waals surface area (Å²) in [6, 6.07) is 4.02. The van der Waals surface area contributed by atoms with Gasteiger partial charge in [-0.2, -0.15) is 5.10 Å². The van der Waals surface area contributed by atoms with Crippen LogP contribution >= 0.6 is 11.6 Å². The minimum atomic E-state index is -0.538. The van der Waals surface area contributed by atoms with Gasteiger partial charge in [0.1, 0.15) is 0 Å². The zero-order valence-electron chi connectivity index (χ0n) is 8.38. The molecule has 7 heteroatoms. The average Bonchev–Trinajstić information content (AvgIpc) is 2.76. The molecule has 6 nitrogen and oxygen atoms in total. The minimum Gasteiger partial charge on any atom is -0.298 e. The predicted molar refractivity (Wildman–Crippen MR) is 61.1 cm³/mol. The number of carbonyl (C=O) groups excluding carboxylic acids is 1. The Hall–Kier alpha value is -2.21. The summed E-state index contributed by atoms with van der Waals surface area (Å²) in [4.78, 5) is 20.7. The summed E-state index contributed by atoms with van der Waals surface area (Å²) in [5.41, 5.74) is 1.18. The molecule has 0 saturated carbocycles. The Morgan fingerprint density at radius 3 is 2.82 bits per heavy atom. The van der Waals surface area contributed by atoms with Crippen LogP contribution in [0.15, 0.2) is 24.4 Å². The fraction of sp³-hybridized carbons (Fsp3) is 0. The van der Waals surface area contributed by atoms with Crippen LogP contribution in [0.4, 0.5) is 5.69 Å². The van der Waals surface area contributed by atoms with Gasteiger partial charge in [-0.1, -0.05) is 11.6 Å². The molecule has 2 aromatic rings. The monoisotopic (exact) mass is 251 g/mol. The Bertz CT molecular complexity index is 594. The van der Waals surface area contributed by atoms with Gasteiger partial charge in [0.25, 0.3) is 5.69 Å². The lowest BCUT2D eigenvalue weighted by Gasteiger charge is -2.02. The standard InChI is InChI=1S/C10H6ClN3O3/c11-9-3-7(14(16)17)1-2-8(9)10-6(5-15)4-12-13-10/h1-5H,(H,12,13). The van der Waals surface area contributed by atoms with E-state index in [1.54, 1.807) is 0 Å². The highest BCUT2D eigenvalue weighted by Gasteiger charge is 2.14. The summed E-state index contributed by atoms with van der Waals surface area (Å²) < 4.78 is 0. The highest BCUT2D eigenvalue weighted by atomic mass is 35.5. The Morgan fingerprint density at radius 2 is 2.24 bits per heavy atom. The first-order valence-corrected chi connectivity index (χ1v) is 4.94. The Morgan fingerprint density at radius 1 is 1.47 bits per heavy atom. The van der Waals surface area contributed by atoms with Gasteiger partial charge in [-0.15, -0.1) is 0 Å². The number of hydrogen-bond donors (Lipinski definition) is 1. The van der Waals surface area contributed by atoms with Gasteiger partial charge in [-0.3, -0.25) is 20.0 Å². The Labute approximate surface area is 100 Å². The molecule has 0 fully saturated rings. The van der Waals surface area contributed by atoms with E-state index in [0.29, 0.717) is 23.1 Å². The number of non-ortho nitro benzene ring substituents is 1. The van der Waals surface area contributed by atoms with Crippen molar-refractivity contribution < 1.29 is 9.72 Å². The molecule has 0 saturated heterocycles. The van der Waals surface area contributed by atoms with Crippen LogP contribution in [-0.4, -0.2) is 21.4 Å². The van der Waals surface area contributed by atoms with Crippen molar-refractivity contribution in [1.82, 2.24) is 10.2 Å². The van der Waals surface area contributed by atoms with E-state index in [1.165, 1.54) is 24.4 Å². The van der Waals surface area contributed by atoms with Crippen molar-refractivity contribution in [3.63, 3.8) is 0 Å². The van der Waals surface area contributed by atoms with E-state index in [1.807, 2.05) is 0 Å². The third-order valence-electron chi connectivity index (χ3n) is 2.23. The number of nitro groups is 1. The lowest BCUT2D eigenvalue weighted by molar-refractivity contribution is -0.384. The number of halogens is 1. The van der Waals surface area contributed by atoms with Gasteiger partial charge in [-0.25, -0.2) is 0 Å². The molecule has 86 valence electrons. The van der Waals surface area contributed by atoms with Gasteiger partial charge in [-0.05, 0) is 6.07 Å². The molecule has 1 heterocycles. The zero-order valence-corrected chi connectivity index (χ0v) is 9.14. The SMILES string of the molecule is O=Cc1cn[nH]c1-c1ccc([N+](=O)[O-])cc1Cl. The van der Waals surface area contributed by atoms with Crippen LogP contribution < -0.4 is 0 Å². The van der Waals surface area contributed by atoms with Crippen molar-refractivity contribution in [1.29, 1.82) is 0 Å². The largest absolute Gasteiger partial charge is 0.298 e. The second kappa shape index (κ2) is 4.34. The molecule has 0 aliphatic heterocycles. The lowest BCUT2D eigenvalue weighted by Crippen LogP contribution is -1.90. The van der Waals surface area contributed by atoms with Gasteiger partial charge in [0.15, 0.2) is 6.29 Å². The van der Waals surface area contributed by atoms with Gasteiger partial charge in [0, 0.05) is 17.7 Å². The van der Waals surface area contributed by atoms with Gasteiger partial charge < -0.3 is 0 Å². The van der Waals surface area contributed by atoms with E-state index in [9.17, 15) is 14.9 Å². The number of nitrogens with one attached hydrogen (secondary N) is 1. The Kier molecular flexibility index (Phi) is 2.88. The lowest BCUT2D eigenvalue weighted by atomic mass is 10.1. The molecule has 17 heavy (non-hydrogen) atoms. The minimum absolute atomic E-state index is 0.106. The zero-order chi connectivity index (χ0) is 12.4. The van der Waals surface area contributed by atoms with Crippen LogP contribution in [0.25, 0.3) is 11.3 Å². The van der Waals surface area contributed by atoms with Crippen molar-refractivity contribution in [2.45, 2.75) is 0 Å². The molecule has 0 unspecified atom stereocenters. The quantitative estimate of drug-likeness (QED) is 0.515. The highest BCUT2D eigenvalue weighted by molar-refractivity contribution is 6.33. The number of aldehydes is 1. The first-order chi connectivity index (χ1) is 8.13. The number of H-pyrrole nitrogens is 1. The van der Waals surface area contributed by atoms with Gasteiger partial charge >= 0.3 is 0 Å². The fourth-order valence-corrected chi connectivity index (χ4v) is 1.69. The predicted octanol–water partition coefficient (Wildman–Crippen LogP) is 2.45. The molecule has 2 rings (SSSR count). The van der Waals surface area contributed by atoms with E-state index in [4.69, 9.17) is 11.6 Å². The van der Waals surface area contributed by atoms with Crippen molar-refractivity contribution in [3.05, 3.63) is 45.1 Å². The second-order valence-electron chi connectivity index (χ2n) is 3.24. The second-order valence-corrected chi connectivity index (χ2v) is 3.65. The number of nitro benzene ring substituents is 1. The maximum absolute atomic E-state index is 10.7. The van der Waals surface area contributed by atoms with Crippen molar-refractivity contribution in [2.75, 3.05) is 0 Å². The van der Waals surface area contributed by atoms with E-state index in [-0.39, 0.29) is 10.7 Å². The van der Waals surface area contributed by atoms with Crippen LogP contribution in [0, 0.1) is 10.1 Å². The number of benzene rings is 1. The third kappa shape index (κ3) is 2.02. The van der Waals surface area contributed by atoms with E-state index in [2.05, 4.69) is 10.2 Å². The van der Waals surface area contributed by atoms with E-state index in [0.717, 1.165) is 0 Å². The molecular formula is C10H6ClN3O3. The molecule has 1 aromatic carbocycles. The van der Waals surface area contributed by atoms with Gasteiger partial charge in [0.2, 0.25) is 0 Å². The van der Waals surface area contributed by atoms with Crippen LogP contribution in [0.5, 0.6) is 0 Å². The van der Waals surface area contributed by atoms with Crippen LogP contribution in [0.3, 0.4) is 0 Å². The molecule has 0 radical (unpaired) electrons. The smallest absolute Gasteiger partial charge is 0.270 e. The number of nitrogens with zero attached hydrogens (tertiary/aromatic N) is 2. The number of aromatic nitrogens is 2. The summed E-state index contributed by atoms with van der Waals surface area (Å²) in [5.74, 6) is 0. The first kappa shape index (κ1) is 11.3. The van der Waals surface area contributed by atoms with E-state index >= 15 is 0 Å².